The third-order valence-electron chi connectivity index (χ3n) is 13.8. The maximum atomic E-state index is 6.99. The number of hydrogen-bond acceptors (Lipinski definition) is 3. The van der Waals surface area contributed by atoms with Crippen molar-refractivity contribution in [3.63, 3.8) is 0 Å². The van der Waals surface area contributed by atoms with Gasteiger partial charge in [0, 0.05) is 56.3 Å². The Hall–Kier alpha value is -7.40. The molecule has 2 aliphatic rings. The first-order valence-electron chi connectivity index (χ1n) is 22.4. The predicted octanol–water partition coefficient (Wildman–Crippen LogP) is 16.7. The van der Waals surface area contributed by atoms with Gasteiger partial charge >= 0.3 is 0 Å². The molecule has 1 heterocycles. The zero-order chi connectivity index (χ0) is 43.3. The van der Waals surface area contributed by atoms with Gasteiger partial charge in [-0.15, -0.1) is 0 Å². The van der Waals surface area contributed by atoms with E-state index in [4.69, 9.17) is 4.74 Å². The van der Waals surface area contributed by atoms with Gasteiger partial charge in [-0.2, -0.15) is 0 Å². The molecule has 0 fully saturated rings. The van der Waals surface area contributed by atoms with Crippen molar-refractivity contribution in [1.82, 2.24) is 0 Å². The second-order valence-corrected chi connectivity index (χ2v) is 24.0. The minimum Gasteiger partial charge on any atom is -0.456 e. The van der Waals surface area contributed by atoms with E-state index in [1.807, 2.05) is 0 Å². The Labute approximate surface area is 376 Å². The number of ether oxygens (including phenoxy) is 1. The lowest BCUT2D eigenvalue weighted by atomic mass is 9.82. The molecule has 1 aliphatic heterocycles. The summed E-state index contributed by atoms with van der Waals surface area (Å²) in [6.07, 6.45) is 0. The lowest BCUT2D eigenvalue weighted by Gasteiger charge is -2.30. The lowest BCUT2D eigenvalue weighted by molar-refractivity contribution is 0.487. The molecule has 0 unspecified atom stereocenters. The lowest BCUT2D eigenvalue weighted by Crippen LogP contribution is -2.37. The number of hydrogen-bond donors (Lipinski definition) is 0. The number of para-hydroxylation sites is 2. The van der Waals surface area contributed by atoms with Gasteiger partial charge in [0.1, 0.15) is 11.5 Å². The van der Waals surface area contributed by atoms with E-state index in [9.17, 15) is 0 Å². The Morgan fingerprint density at radius 3 is 1.67 bits per heavy atom. The van der Waals surface area contributed by atoms with Gasteiger partial charge in [-0.3, -0.25) is 0 Å². The molecule has 1 aliphatic carbocycles. The largest absolute Gasteiger partial charge is 0.456 e. The minimum absolute atomic E-state index is 0.123. The van der Waals surface area contributed by atoms with Crippen LogP contribution in [-0.4, -0.2) is 8.07 Å². The van der Waals surface area contributed by atoms with Crippen LogP contribution in [0.2, 0.25) is 19.6 Å². The molecule has 0 amide bonds. The van der Waals surface area contributed by atoms with Crippen LogP contribution in [0.1, 0.15) is 25.0 Å². The summed E-state index contributed by atoms with van der Waals surface area (Å²) in [7, 11) is -1.46. The Bertz CT molecular complexity index is 3480. The number of rotatable bonds is 7. The van der Waals surface area contributed by atoms with E-state index >= 15 is 0 Å². The van der Waals surface area contributed by atoms with E-state index in [2.05, 4.69) is 243 Å². The SMILES string of the molecule is CC1(C)c2ccccc2-c2ccc(N(c3ccccc3)c3cc4c5cccc6c5c(cc4c4ccccc34)-c3ccc(N(c4ccccc4)c4ccc([Si](C)(C)C)cc4)cc3O6)cc21. The molecule has 10 aromatic rings. The topological polar surface area (TPSA) is 15.7 Å². The Morgan fingerprint density at radius 2 is 0.938 bits per heavy atom. The summed E-state index contributed by atoms with van der Waals surface area (Å²) in [5, 5.41) is 8.61. The highest BCUT2D eigenvalue weighted by Crippen LogP contribution is 2.54. The van der Waals surface area contributed by atoms with Crippen LogP contribution < -0.4 is 19.7 Å². The third kappa shape index (κ3) is 5.93. The average Bonchev–Trinajstić information content (AvgIpc) is 3.55. The second kappa shape index (κ2) is 14.3. The van der Waals surface area contributed by atoms with E-state index in [0.29, 0.717) is 0 Å². The molecule has 3 nitrogen and oxygen atoms in total. The summed E-state index contributed by atoms with van der Waals surface area (Å²) in [6.45, 7) is 11.9. The van der Waals surface area contributed by atoms with Gasteiger partial charge in [0.05, 0.1) is 13.8 Å². The van der Waals surface area contributed by atoms with Crippen LogP contribution in [-0.2, 0) is 5.41 Å². The van der Waals surface area contributed by atoms with Crippen molar-refractivity contribution in [2.75, 3.05) is 9.80 Å². The minimum atomic E-state index is -1.46. The quantitative estimate of drug-likeness (QED) is 0.117. The van der Waals surface area contributed by atoms with Crippen LogP contribution in [0.25, 0.3) is 54.6 Å². The van der Waals surface area contributed by atoms with Crippen LogP contribution >= 0.6 is 0 Å². The van der Waals surface area contributed by atoms with Crippen molar-refractivity contribution in [2.24, 2.45) is 0 Å². The third-order valence-corrected chi connectivity index (χ3v) is 15.8. The van der Waals surface area contributed by atoms with E-state index in [-0.39, 0.29) is 5.41 Å². The maximum Gasteiger partial charge on any atom is 0.137 e. The summed E-state index contributed by atoms with van der Waals surface area (Å²) in [5.74, 6) is 1.73. The van der Waals surface area contributed by atoms with Crippen LogP contribution in [0.4, 0.5) is 34.1 Å². The normalized spacial score (nSPS) is 13.3. The summed E-state index contributed by atoms with van der Waals surface area (Å²) in [6, 6.07) is 73.7. The second-order valence-electron chi connectivity index (χ2n) is 19.0. The smallest absolute Gasteiger partial charge is 0.137 e. The molecule has 0 saturated carbocycles. The molecule has 64 heavy (non-hydrogen) atoms. The van der Waals surface area contributed by atoms with Gasteiger partial charge in [0.25, 0.3) is 0 Å². The molecule has 0 spiro atoms. The molecule has 10 aromatic carbocycles. The highest BCUT2D eigenvalue weighted by atomic mass is 28.3. The fraction of sp³-hybridized carbons (Fsp3) is 0.100. The van der Waals surface area contributed by atoms with E-state index in [1.54, 1.807) is 0 Å². The van der Waals surface area contributed by atoms with Crippen molar-refractivity contribution in [1.29, 1.82) is 0 Å². The molecule has 0 atom stereocenters. The molecular formula is C60H48N2OSi. The van der Waals surface area contributed by atoms with Crippen LogP contribution in [0.3, 0.4) is 0 Å². The highest BCUT2D eigenvalue weighted by molar-refractivity contribution is 6.88. The number of nitrogens with zero attached hydrogens (tertiary/aromatic N) is 2. The van der Waals surface area contributed by atoms with E-state index in [1.165, 1.54) is 59.9 Å². The zero-order valence-corrected chi connectivity index (χ0v) is 37.9. The van der Waals surface area contributed by atoms with Crippen molar-refractivity contribution in [3.05, 3.63) is 211 Å². The number of anilines is 6. The van der Waals surface area contributed by atoms with Gasteiger partial charge in [-0.05, 0) is 128 Å². The number of fused-ring (bicyclic) bond motifs is 9. The van der Waals surface area contributed by atoms with E-state index in [0.717, 1.165) is 56.6 Å². The van der Waals surface area contributed by atoms with Gasteiger partial charge < -0.3 is 14.5 Å². The molecule has 0 N–H and O–H groups in total. The first-order valence-corrected chi connectivity index (χ1v) is 25.9. The van der Waals surface area contributed by atoms with Crippen LogP contribution in [0, 0.1) is 0 Å². The van der Waals surface area contributed by atoms with Crippen molar-refractivity contribution in [3.8, 4) is 33.8 Å². The molecule has 0 bridgehead atoms. The molecule has 12 rings (SSSR count). The average molecular weight is 841 g/mol. The Morgan fingerprint density at radius 1 is 0.375 bits per heavy atom. The van der Waals surface area contributed by atoms with Crippen molar-refractivity contribution >= 4 is 79.7 Å². The van der Waals surface area contributed by atoms with Gasteiger partial charge in [0.2, 0.25) is 0 Å². The standard InChI is InChI=1S/C60H48N2OSi/c1-60(2)54-25-15-14-22-46(54)47-33-29-42(35-55(47)60)62(40-19-10-7-11-20-40)56-38-52-50-24-16-26-57-59(50)53(37-51(52)45-21-12-13-23-48(45)56)49-34-30-43(36-58(49)63-57)61(39-17-8-6-9-18-39)41-27-31-44(32-28-41)64(3,4)5/h6-38H,1-5H3. The van der Waals surface area contributed by atoms with Gasteiger partial charge in [0.15, 0.2) is 0 Å². The number of benzene rings is 10. The van der Waals surface area contributed by atoms with Crippen molar-refractivity contribution in [2.45, 2.75) is 38.9 Å². The van der Waals surface area contributed by atoms with Gasteiger partial charge in [-0.25, -0.2) is 0 Å². The predicted molar refractivity (Wildman–Crippen MR) is 274 cm³/mol. The summed E-state index contributed by atoms with van der Waals surface area (Å²) in [5.41, 5.74) is 14.2. The summed E-state index contributed by atoms with van der Waals surface area (Å²) >= 11 is 0. The van der Waals surface area contributed by atoms with Crippen LogP contribution in [0.5, 0.6) is 11.5 Å². The first-order chi connectivity index (χ1) is 31.1. The molecular weight excluding hydrogens is 793 g/mol. The zero-order valence-electron chi connectivity index (χ0n) is 36.9. The maximum absolute atomic E-state index is 6.99. The molecule has 0 aromatic heterocycles. The van der Waals surface area contributed by atoms with Crippen molar-refractivity contribution < 1.29 is 4.74 Å². The Balaban J connectivity index is 1.04. The highest BCUT2D eigenvalue weighted by Gasteiger charge is 2.36. The molecule has 0 saturated heterocycles. The monoisotopic (exact) mass is 840 g/mol. The summed E-state index contributed by atoms with van der Waals surface area (Å²) < 4.78 is 6.99. The first kappa shape index (κ1) is 38.3. The molecule has 0 radical (unpaired) electrons. The molecule has 4 heteroatoms. The fourth-order valence-electron chi connectivity index (χ4n) is 10.5. The fourth-order valence-corrected chi connectivity index (χ4v) is 11.7. The molecule has 308 valence electrons. The van der Waals surface area contributed by atoms with Gasteiger partial charge in [-0.1, -0.05) is 154 Å². The van der Waals surface area contributed by atoms with E-state index < -0.39 is 8.07 Å². The van der Waals surface area contributed by atoms with Crippen LogP contribution in [0.15, 0.2) is 200 Å². The Kier molecular flexibility index (Phi) is 8.56. The summed E-state index contributed by atoms with van der Waals surface area (Å²) in [4.78, 5) is 4.80.